The molecule has 0 radical (unpaired) electrons. The molecule has 0 aromatic carbocycles. The van der Waals surface area contributed by atoms with Gasteiger partial charge in [0.25, 0.3) is 0 Å². The van der Waals surface area contributed by atoms with Crippen molar-refractivity contribution < 1.29 is 89.2 Å². The van der Waals surface area contributed by atoms with Crippen LogP contribution in [-0.4, -0.2) is 115 Å². The average molecular weight is 1110 g/mol. The van der Waals surface area contributed by atoms with Gasteiger partial charge in [-0.1, -0.05) is 56.0 Å². The molecule has 0 spiro atoms. The Kier molecular flexibility index (Phi) is 22.9. The van der Waals surface area contributed by atoms with Crippen molar-refractivity contribution in [2.75, 3.05) is 0 Å². The fourth-order valence-electron chi connectivity index (χ4n) is 8.12. The zero-order valence-corrected chi connectivity index (χ0v) is 48.7. The van der Waals surface area contributed by atoms with Gasteiger partial charge in [0.15, 0.2) is 0 Å². The number of halogens is 8. The first-order chi connectivity index (χ1) is 31.3. The topological polar surface area (TPSA) is 131 Å². The monoisotopic (exact) mass is 1110 g/mol. The van der Waals surface area contributed by atoms with E-state index < -0.39 is 53.7 Å². The Morgan fingerprint density at radius 2 is 0.788 bits per heavy atom. The van der Waals surface area contributed by atoms with Crippen LogP contribution in [0.25, 0.3) is 22.5 Å². The second-order valence-corrected chi connectivity index (χ2v) is 16.5. The van der Waals surface area contributed by atoms with Crippen molar-refractivity contribution in [1.82, 2.24) is 34.9 Å². The molecule has 21 heteroatoms. The number of pyridine rings is 7. The normalized spacial score (nSPS) is 14.3. The fourth-order valence-corrected chi connectivity index (χ4v) is 8.81. The molecule has 2 saturated carbocycles. The molecule has 7 heterocycles. The first-order valence-corrected chi connectivity index (χ1v) is 38.4. The second kappa shape index (κ2) is 26.8. The van der Waals surface area contributed by atoms with Crippen LogP contribution in [0.2, 0.25) is 0 Å². The molecule has 9 rings (SSSR count). The van der Waals surface area contributed by atoms with E-state index in [0.717, 1.165) is 83.4 Å². The Balaban J connectivity index is 0.000000243. The van der Waals surface area contributed by atoms with E-state index in [4.69, 9.17) is 30.0 Å². The Bertz CT molecular complexity index is 2610. The van der Waals surface area contributed by atoms with Crippen LogP contribution in [-0.2, 0) is 10.8 Å². The summed E-state index contributed by atoms with van der Waals surface area (Å²) in [7, 11) is -1.96. The molecule has 0 unspecified atom stereocenters. The molecule has 0 saturated heterocycles. The molecular formula is C45H37BBr2F6K3N7O2. The summed E-state index contributed by atoms with van der Waals surface area (Å²) in [6.45, 7) is 0. The zero-order valence-electron chi connectivity index (χ0n) is 37.2. The Labute approximate surface area is 484 Å². The van der Waals surface area contributed by atoms with Gasteiger partial charge in [0.1, 0.15) is 9.21 Å². The molecule has 0 atom stereocenters. The molecule has 2 N–H and O–H groups in total. The summed E-state index contributed by atoms with van der Waals surface area (Å²) in [6.07, 6.45) is 8.13. The van der Waals surface area contributed by atoms with Crippen LogP contribution in [0.1, 0.15) is 75.6 Å². The number of rotatable bonds is 7. The van der Waals surface area contributed by atoms with Gasteiger partial charge < -0.3 is 11.5 Å². The zero-order chi connectivity index (χ0) is 46.7. The van der Waals surface area contributed by atoms with Crippen molar-refractivity contribution in [2.45, 2.75) is 62.2 Å². The number of hydrogen-bond acceptors (Lipinski definition) is 9. The molecule has 66 heavy (non-hydrogen) atoms. The van der Waals surface area contributed by atoms with E-state index in [2.05, 4.69) is 71.1 Å². The van der Waals surface area contributed by atoms with Crippen LogP contribution < -0.4 is 56.8 Å². The second-order valence-electron chi connectivity index (χ2n) is 14.9. The van der Waals surface area contributed by atoms with Crippen LogP contribution in [0.3, 0.4) is 0 Å². The molecule has 0 bridgehead atoms. The van der Waals surface area contributed by atoms with Crippen LogP contribution in [0.5, 0.6) is 0 Å². The van der Waals surface area contributed by atoms with Crippen LogP contribution >= 0.6 is 31.9 Å². The van der Waals surface area contributed by atoms with Crippen molar-refractivity contribution >= 4 is 108 Å². The van der Waals surface area contributed by atoms with Crippen LogP contribution in [0.15, 0.2) is 118 Å². The van der Waals surface area contributed by atoms with Crippen molar-refractivity contribution in [2.24, 2.45) is 0 Å². The summed E-state index contributed by atoms with van der Waals surface area (Å²) >= 11 is 9.46. The predicted octanol–water partition coefficient (Wildman–Crippen LogP) is 6.27. The van der Waals surface area contributed by atoms with Gasteiger partial charge in [-0.25, -0.2) is 9.97 Å². The van der Waals surface area contributed by atoms with E-state index in [1.54, 1.807) is 24.3 Å². The molecular weight excluding hydrogens is 1070 g/mol. The van der Waals surface area contributed by atoms with Crippen LogP contribution in [0.4, 0.5) is 26.3 Å². The molecule has 2 aliphatic rings. The Hall–Kier alpha value is -0.516. The van der Waals surface area contributed by atoms with Crippen molar-refractivity contribution in [1.29, 1.82) is 0 Å². The minimum atomic E-state index is -1.96. The standard InChI is InChI=1S/C25H18F4N4.C15H14Br2N2.C5H4BF2NO2.3K.H/c26-21-11-9-15(23(28)32-21)17-5-3-7-19(30-17)25(13-1-2-14-25)20-8-4-6-18(31-20)16-10-12-22(27)33-24(16)29;16-13-7-3-5-11(18-13)15(9-1-2-10-15)12-6-4-8-14(17)19-12;7-4-2-1-3(6(10)11)5(8)9-4;;;;/h3-12H,1-2,13-14H2;3-8H,1-2,9-10H2;1-2,10-11H;;;;/q;;;;;+1;-1. The van der Waals surface area contributed by atoms with E-state index in [1.165, 1.54) is 88.1 Å². The summed E-state index contributed by atoms with van der Waals surface area (Å²) < 4.78 is 81.4. The average Bonchev–Trinajstić information content (AvgIpc) is 4.01. The van der Waals surface area contributed by atoms with Crippen molar-refractivity contribution in [3.63, 3.8) is 0 Å². The van der Waals surface area contributed by atoms with Gasteiger partial charge in [0.2, 0.25) is 35.7 Å². The maximum atomic E-state index is 14.3. The quantitative estimate of drug-likeness (QED) is 0.108. The minimum absolute atomic E-state index is 0. The fraction of sp³-hybridized carbons (Fsp3) is 0.222. The van der Waals surface area contributed by atoms with Gasteiger partial charge in [-0.15, -0.1) is 0 Å². The van der Waals surface area contributed by atoms with Gasteiger partial charge >= 0.3 is 122 Å². The van der Waals surface area contributed by atoms with Gasteiger partial charge in [-0.2, -0.15) is 41.3 Å². The molecule has 9 nitrogen and oxygen atoms in total. The van der Waals surface area contributed by atoms with Gasteiger partial charge in [0, 0.05) is 5.46 Å². The molecule has 2 aliphatic carbocycles. The Morgan fingerprint density at radius 1 is 0.455 bits per heavy atom. The first kappa shape index (κ1) is 56.4. The van der Waals surface area contributed by atoms with E-state index in [1.807, 2.05) is 24.3 Å². The molecule has 326 valence electrons. The van der Waals surface area contributed by atoms with Crippen molar-refractivity contribution in [3.8, 4) is 22.5 Å². The molecule has 7 aromatic heterocycles. The van der Waals surface area contributed by atoms with Crippen LogP contribution in [0, 0.1) is 35.7 Å². The van der Waals surface area contributed by atoms with Gasteiger partial charge in [-0.05, 0) is 136 Å². The molecule has 7 aromatic rings. The van der Waals surface area contributed by atoms with E-state index in [9.17, 15) is 26.3 Å². The third-order valence-electron chi connectivity index (χ3n) is 11.1. The van der Waals surface area contributed by atoms with Crippen molar-refractivity contribution in [3.05, 3.63) is 177 Å². The molecule has 0 aliphatic heterocycles. The van der Waals surface area contributed by atoms with Gasteiger partial charge in [-0.3, -0.25) is 9.97 Å². The summed E-state index contributed by atoms with van der Waals surface area (Å²) in [5.41, 5.74) is 3.53. The van der Waals surface area contributed by atoms with Gasteiger partial charge in [0.05, 0.1) is 56.1 Å². The number of nitrogens with zero attached hydrogens (tertiary/aromatic N) is 7. The Morgan fingerprint density at radius 3 is 1.12 bits per heavy atom. The van der Waals surface area contributed by atoms with E-state index in [0.29, 0.717) is 22.8 Å². The summed E-state index contributed by atoms with van der Waals surface area (Å²) in [5, 5.41) is 16.9. The number of aromatic nitrogens is 7. The molecule has 0 amide bonds. The third-order valence-corrected chi connectivity index (χ3v) is 12.0. The first-order valence-electron chi connectivity index (χ1n) is 20.8. The summed E-state index contributed by atoms with van der Waals surface area (Å²) in [4.78, 5) is 28.1. The predicted molar refractivity (Wildman–Crippen MR) is 244 cm³/mol. The SMILES string of the molecule is Brc1cccc(C2(c3cccc(Br)n3)CCCC2)n1.Fc1ccc(-c2cccc(C3(c4cccc(-c5ccc(F)nc5F)n4)CCCC3)n2)c(F)n1.OB(O)c1ccc(F)nc1F.[H-].[K+].[K][K]. The number of hydrogen-bond donors (Lipinski definition) is 2. The van der Waals surface area contributed by atoms with E-state index >= 15 is 0 Å². The third kappa shape index (κ3) is 14.1. The van der Waals surface area contributed by atoms with E-state index in [-0.39, 0.29) is 69.4 Å². The summed E-state index contributed by atoms with van der Waals surface area (Å²) in [6, 6.07) is 29.4. The maximum absolute atomic E-state index is 14.3. The summed E-state index contributed by atoms with van der Waals surface area (Å²) in [5.74, 6) is -5.86. The molecule has 2 fully saturated rings.